The largest absolute Gasteiger partial charge is 0.493 e. The van der Waals surface area contributed by atoms with Crippen LogP contribution >= 0.6 is 0 Å². The molecule has 2 heterocycles. The molecule has 0 atom stereocenters. The van der Waals surface area contributed by atoms with E-state index in [0.717, 1.165) is 11.0 Å². The van der Waals surface area contributed by atoms with Gasteiger partial charge in [-0.2, -0.15) is 4.98 Å². The first-order chi connectivity index (χ1) is 14.6. The molecule has 0 aliphatic carbocycles. The molecule has 0 aliphatic heterocycles. The van der Waals surface area contributed by atoms with E-state index in [0.29, 0.717) is 34.7 Å². The molecule has 2 aromatic carbocycles. The molecule has 9 nitrogen and oxygen atoms in total. The van der Waals surface area contributed by atoms with E-state index in [1.165, 1.54) is 0 Å². The Balaban J connectivity index is 1.76. The third kappa shape index (κ3) is 3.20. The molecule has 0 saturated carbocycles. The Morgan fingerprint density at radius 1 is 0.933 bits per heavy atom. The number of nitrogens with zero attached hydrogens (tertiary/aromatic N) is 4. The Kier molecular flexibility index (Phi) is 5.01. The van der Waals surface area contributed by atoms with Gasteiger partial charge in [-0.1, -0.05) is 12.1 Å². The second-order valence-electron chi connectivity index (χ2n) is 6.44. The zero-order valence-corrected chi connectivity index (χ0v) is 17.0. The average molecular weight is 407 g/mol. The molecule has 154 valence electrons. The number of fused-ring (bicyclic) bond motifs is 1. The van der Waals surface area contributed by atoms with Gasteiger partial charge in [0.25, 0.3) is 0 Å². The van der Waals surface area contributed by atoms with Gasteiger partial charge in [-0.25, -0.2) is 14.3 Å². The monoisotopic (exact) mass is 407 g/mol. The summed E-state index contributed by atoms with van der Waals surface area (Å²) in [6.07, 6.45) is 1.59. The highest BCUT2D eigenvalue weighted by molar-refractivity contribution is 5.77. The average Bonchev–Trinajstić information content (AvgIpc) is 3.03. The molecule has 0 saturated heterocycles. The van der Waals surface area contributed by atoms with E-state index in [-0.39, 0.29) is 5.69 Å². The number of nitrogens with one attached hydrogen (secondary N) is 1. The lowest BCUT2D eigenvalue weighted by Gasteiger charge is -2.14. The van der Waals surface area contributed by atoms with Gasteiger partial charge in [-0.15, -0.1) is 0 Å². The lowest BCUT2D eigenvalue weighted by Crippen LogP contribution is -2.21. The highest BCUT2D eigenvalue weighted by atomic mass is 16.5. The second kappa shape index (κ2) is 7.78. The maximum Gasteiger partial charge on any atom is 0.334 e. The minimum absolute atomic E-state index is 0.186. The fourth-order valence-electron chi connectivity index (χ4n) is 3.33. The summed E-state index contributed by atoms with van der Waals surface area (Å²) in [5, 5.41) is 3.13. The van der Waals surface area contributed by atoms with E-state index in [1.54, 1.807) is 61.9 Å². The smallest absolute Gasteiger partial charge is 0.334 e. The molecule has 0 radical (unpaired) electrons. The third-order valence-corrected chi connectivity index (χ3v) is 4.75. The topological polar surface area (TPSA) is 92.4 Å². The predicted octanol–water partition coefficient (Wildman–Crippen LogP) is 2.89. The van der Waals surface area contributed by atoms with Gasteiger partial charge >= 0.3 is 5.69 Å². The summed E-state index contributed by atoms with van der Waals surface area (Å²) in [6.45, 7) is 0. The van der Waals surface area contributed by atoms with Gasteiger partial charge < -0.3 is 19.5 Å². The van der Waals surface area contributed by atoms with E-state index in [1.807, 2.05) is 24.3 Å². The maximum absolute atomic E-state index is 12.8. The van der Waals surface area contributed by atoms with Crippen LogP contribution in [0, 0.1) is 0 Å². The number of methoxy groups -OCH3 is 3. The summed E-state index contributed by atoms with van der Waals surface area (Å²) in [4.78, 5) is 21.6. The molecule has 0 amide bonds. The molecule has 0 aliphatic rings. The van der Waals surface area contributed by atoms with Crippen molar-refractivity contribution in [2.45, 2.75) is 0 Å². The van der Waals surface area contributed by atoms with Gasteiger partial charge in [0.15, 0.2) is 11.5 Å². The Bertz CT molecular complexity index is 1250. The summed E-state index contributed by atoms with van der Waals surface area (Å²) in [6, 6.07) is 12.7. The van der Waals surface area contributed by atoms with E-state index in [4.69, 9.17) is 14.2 Å². The van der Waals surface area contributed by atoms with Gasteiger partial charge in [0, 0.05) is 37.1 Å². The zero-order valence-electron chi connectivity index (χ0n) is 17.0. The molecule has 4 aromatic rings. The van der Waals surface area contributed by atoms with Crippen LogP contribution in [0.3, 0.4) is 0 Å². The highest BCUT2D eigenvalue weighted by Gasteiger charge is 2.16. The van der Waals surface area contributed by atoms with E-state index >= 15 is 0 Å². The quantitative estimate of drug-likeness (QED) is 0.525. The van der Waals surface area contributed by atoms with E-state index in [2.05, 4.69) is 15.3 Å². The van der Waals surface area contributed by atoms with Crippen molar-refractivity contribution in [3.63, 3.8) is 0 Å². The van der Waals surface area contributed by atoms with E-state index in [9.17, 15) is 4.79 Å². The second-order valence-corrected chi connectivity index (χ2v) is 6.44. The Morgan fingerprint density at radius 2 is 1.60 bits per heavy atom. The number of anilines is 2. The highest BCUT2D eigenvalue weighted by Crippen LogP contribution is 2.40. The van der Waals surface area contributed by atoms with E-state index < -0.39 is 0 Å². The SMILES string of the molecule is COc1cc(Nc2nccc(-n3c(=O)n(C)c4ccccc43)n2)cc(OC)c1OC. The van der Waals surface area contributed by atoms with Crippen LogP contribution < -0.4 is 25.2 Å². The molecule has 0 bridgehead atoms. The van der Waals surface area contributed by atoms with Gasteiger partial charge in [-0.05, 0) is 12.1 Å². The number of aryl methyl sites for hydroxylation is 1. The zero-order chi connectivity index (χ0) is 21.3. The Morgan fingerprint density at radius 3 is 2.23 bits per heavy atom. The fourth-order valence-corrected chi connectivity index (χ4v) is 3.33. The van der Waals surface area contributed by atoms with Crippen molar-refractivity contribution in [3.8, 4) is 23.1 Å². The van der Waals surface area contributed by atoms with Crippen molar-refractivity contribution in [2.75, 3.05) is 26.6 Å². The molecule has 0 spiro atoms. The van der Waals surface area contributed by atoms with Gasteiger partial charge in [0.05, 0.1) is 32.4 Å². The number of para-hydroxylation sites is 2. The van der Waals surface area contributed by atoms with Crippen LogP contribution in [-0.2, 0) is 7.05 Å². The lowest BCUT2D eigenvalue weighted by atomic mass is 10.2. The summed E-state index contributed by atoms with van der Waals surface area (Å²) >= 11 is 0. The van der Waals surface area contributed by atoms with Crippen LogP contribution in [0.25, 0.3) is 16.9 Å². The maximum atomic E-state index is 12.8. The molecular formula is C21H21N5O4. The number of ether oxygens (including phenoxy) is 3. The Hall–Kier alpha value is -4.01. The minimum atomic E-state index is -0.186. The van der Waals surface area contributed by atoms with Crippen LogP contribution in [0.4, 0.5) is 11.6 Å². The molecular weight excluding hydrogens is 386 g/mol. The summed E-state index contributed by atoms with van der Waals surface area (Å²) in [5.74, 6) is 2.27. The molecule has 9 heteroatoms. The molecule has 4 rings (SSSR count). The Labute approximate surface area is 172 Å². The molecule has 0 unspecified atom stereocenters. The molecule has 1 N–H and O–H groups in total. The van der Waals surface area contributed by atoms with Crippen molar-refractivity contribution in [2.24, 2.45) is 7.05 Å². The third-order valence-electron chi connectivity index (χ3n) is 4.75. The summed E-state index contributed by atoms with van der Waals surface area (Å²) < 4.78 is 19.3. The van der Waals surface area contributed by atoms with Crippen molar-refractivity contribution in [1.29, 1.82) is 0 Å². The van der Waals surface area contributed by atoms with Crippen molar-refractivity contribution >= 4 is 22.7 Å². The number of rotatable bonds is 6. The van der Waals surface area contributed by atoms with Crippen LogP contribution in [0.1, 0.15) is 0 Å². The summed E-state index contributed by atoms with van der Waals surface area (Å²) in [5.41, 5.74) is 2.04. The van der Waals surface area contributed by atoms with Crippen molar-refractivity contribution in [1.82, 2.24) is 19.1 Å². The first kappa shape index (κ1) is 19.3. The van der Waals surface area contributed by atoms with Crippen LogP contribution in [0.2, 0.25) is 0 Å². The minimum Gasteiger partial charge on any atom is -0.493 e. The van der Waals surface area contributed by atoms with Crippen molar-refractivity contribution in [3.05, 3.63) is 59.1 Å². The molecule has 2 aromatic heterocycles. The number of benzene rings is 2. The molecule has 0 fully saturated rings. The number of aromatic nitrogens is 4. The fraction of sp³-hybridized carbons (Fsp3) is 0.190. The molecule has 30 heavy (non-hydrogen) atoms. The predicted molar refractivity (Wildman–Crippen MR) is 113 cm³/mol. The number of hydrogen-bond acceptors (Lipinski definition) is 7. The van der Waals surface area contributed by atoms with Crippen LogP contribution in [0.5, 0.6) is 17.2 Å². The normalized spacial score (nSPS) is 10.8. The van der Waals surface area contributed by atoms with Gasteiger partial charge in [0.1, 0.15) is 5.82 Å². The van der Waals surface area contributed by atoms with Gasteiger partial charge in [-0.3, -0.25) is 4.57 Å². The van der Waals surface area contributed by atoms with Crippen LogP contribution in [0.15, 0.2) is 53.5 Å². The number of imidazole rings is 1. The standard InChI is InChI=1S/C21H21N5O4/c1-25-14-7-5-6-8-15(14)26(21(25)27)18-9-10-22-20(24-18)23-13-11-16(28-2)19(30-4)17(12-13)29-3/h5-12H,1-4H3,(H,22,23,24). The first-order valence-corrected chi connectivity index (χ1v) is 9.14. The summed E-state index contributed by atoms with van der Waals surface area (Å²) in [7, 11) is 6.37. The lowest BCUT2D eigenvalue weighted by molar-refractivity contribution is 0.324. The number of hydrogen-bond donors (Lipinski definition) is 1. The van der Waals surface area contributed by atoms with Crippen molar-refractivity contribution < 1.29 is 14.2 Å². The first-order valence-electron chi connectivity index (χ1n) is 9.14. The van der Waals surface area contributed by atoms with Gasteiger partial charge in [0.2, 0.25) is 11.7 Å². The van der Waals surface area contributed by atoms with Crippen LogP contribution in [-0.4, -0.2) is 40.4 Å².